The molecule has 3 rings (SSSR count). The normalized spacial score (nSPS) is 21.3. The lowest BCUT2D eigenvalue weighted by Crippen LogP contribution is -2.24. The quantitative estimate of drug-likeness (QED) is 0.633. The van der Waals surface area contributed by atoms with Crippen LogP contribution in [-0.4, -0.2) is 32.2 Å². The lowest BCUT2D eigenvalue weighted by Gasteiger charge is -2.20. The molecule has 2 heterocycles. The summed E-state index contributed by atoms with van der Waals surface area (Å²) >= 11 is 0. The molecule has 110 valence electrons. The lowest BCUT2D eigenvalue weighted by molar-refractivity contribution is -0.130. The van der Waals surface area contributed by atoms with Crippen molar-refractivity contribution < 1.29 is 19.0 Å². The van der Waals surface area contributed by atoms with Crippen molar-refractivity contribution in [1.29, 1.82) is 0 Å². The number of ether oxygens (including phenoxy) is 3. The number of rotatable bonds is 3. The molecule has 5 nitrogen and oxygen atoms in total. The number of nitrogens with zero attached hydrogens (tertiary/aromatic N) is 1. The van der Waals surface area contributed by atoms with Crippen molar-refractivity contribution in [2.45, 2.75) is 12.8 Å². The van der Waals surface area contributed by atoms with Gasteiger partial charge in [-0.2, -0.15) is 0 Å². The summed E-state index contributed by atoms with van der Waals surface area (Å²) in [6.45, 7) is 1.38. The third-order valence-corrected chi connectivity index (χ3v) is 3.60. The van der Waals surface area contributed by atoms with Gasteiger partial charge in [0.1, 0.15) is 5.75 Å². The molecular formula is C16H17NO4. The van der Waals surface area contributed by atoms with Gasteiger partial charge in [0, 0.05) is 19.1 Å². The van der Waals surface area contributed by atoms with E-state index < -0.39 is 0 Å². The third-order valence-electron chi connectivity index (χ3n) is 3.60. The van der Waals surface area contributed by atoms with E-state index in [-0.39, 0.29) is 11.9 Å². The highest BCUT2D eigenvalue weighted by molar-refractivity contribution is 6.07. The fourth-order valence-corrected chi connectivity index (χ4v) is 2.43. The molecule has 21 heavy (non-hydrogen) atoms. The Morgan fingerprint density at radius 2 is 2.14 bits per heavy atom. The van der Waals surface area contributed by atoms with Gasteiger partial charge in [0.2, 0.25) is 5.90 Å². The van der Waals surface area contributed by atoms with Crippen LogP contribution in [0.3, 0.4) is 0 Å². The summed E-state index contributed by atoms with van der Waals surface area (Å²) in [7, 11) is 1.61. The van der Waals surface area contributed by atoms with E-state index in [4.69, 9.17) is 14.2 Å². The van der Waals surface area contributed by atoms with E-state index in [2.05, 4.69) is 4.99 Å². The SMILES string of the molecule is COc1cccc(/C=C2/N=C(C3CCOCC3)OC2=O)c1. The smallest absolute Gasteiger partial charge is 0.363 e. The molecule has 0 amide bonds. The van der Waals surface area contributed by atoms with Gasteiger partial charge < -0.3 is 14.2 Å². The van der Waals surface area contributed by atoms with E-state index >= 15 is 0 Å². The molecule has 0 aromatic heterocycles. The van der Waals surface area contributed by atoms with Gasteiger partial charge in [0.05, 0.1) is 7.11 Å². The van der Waals surface area contributed by atoms with Crippen LogP contribution in [0.2, 0.25) is 0 Å². The summed E-state index contributed by atoms with van der Waals surface area (Å²) in [4.78, 5) is 16.3. The van der Waals surface area contributed by atoms with Crippen LogP contribution in [0.25, 0.3) is 6.08 Å². The minimum atomic E-state index is -0.390. The molecule has 1 aromatic rings. The molecule has 2 aliphatic heterocycles. The number of benzene rings is 1. The fraction of sp³-hybridized carbons (Fsp3) is 0.375. The first-order chi connectivity index (χ1) is 10.3. The molecule has 0 N–H and O–H groups in total. The van der Waals surface area contributed by atoms with E-state index in [1.165, 1.54) is 0 Å². The van der Waals surface area contributed by atoms with E-state index in [9.17, 15) is 4.79 Å². The van der Waals surface area contributed by atoms with Gasteiger partial charge in [-0.15, -0.1) is 0 Å². The van der Waals surface area contributed by atoms with Crippen molar-refractivity contribution in [1.82, 2.24) is 0 Å². The third kappa shape index (κ3) is 3.13. The molecule has 0 saturated carbocycles. The van der Waals surface area contributed by atoms with Crippen LogP contribution >= 0.6 is 0 Å². The van der Waals surface area contributed by atoms with Crippen molar-refractivity contribution in [3.05, 3.63) is 35.5 Å². The zero-order valence-electron chi connectivity index (χ0n) is 11.9. The van der Waals surface area contributed by atoms with Crippen LogP contribution < -0.4 is 4.74 Å². The maximum absolute atomic E-state index is 11.9. The van der Waals surface area contributed by atoms with Crippen LogP contribution in [0.15, 0.2) is 35.0 Å². The molecule has 1 saturated heterocycles. The first-order valence-corrected chi connectivity index (χ1v) is 7.00. The lowest BCUT2D eigenvalue weighted by atomic mass is 10.0. The van der Waals surface area contributed by atoms with Crippen molar-refractivity contribution in [3.63, 3.8) is 0 Å². The van der Waals surface area contributed by atoms with Crippen molar-refractivity contribution in [3.8, 4) is 5.75 Å². The van der Waals surface area contributed by atoms with Crippen molar-refractivity contribution >= 4 is 17.9 Å². The number of aliphatic imine (C=N–C) groups is 1. The molecule has 1 aromatic carbocycles. The average Bonchev–Trinajstić information content (AvgIpc) is 2.89. The summed E-state index contributed by atoms with van der Waals surface area (Å²) < 4.78 is 15.8. The van der Waals surface area contributed by atoms with Gasteiger partial charge in [0.25, 0.3) is 0 Å². The van der Waals surface area contributed by atoms with Crippen LogP contribution in [-0.2, 0) is 14.3 Å². The predicted molar refractivity (Wildman–Crippen MR) is 78.0 cm³/mol. The number of carbonyl (C=O) groups is 1. The van der Waals surface area contributed by atoms with Gasteiger partial charge >= 0.3 is 5.97 Å². The van der Waals surface area contributed by atoms with Gasteiger partial charge in [0.15, 0.2) is 5.70 Å². The maximum atomic E-state index is 11.9. The molecule has 0 aliphatic carbocycles. The Morgan fingerprint density at radius 3 is 2.90 bits per heavy atom. The van der Waals surface area contributed by atoms with Crippen LogP contribution in [0.5, 0.6) is 5.75 Å². The number of hydrogen-bond donors (Lipinski definition) is 0. The van der Waals surface area contributed by atoms with E-state index in [1.54, 1.807) is 13.2 Å². The zero-order valence-corrected chi connectivity index (χ0v) is 11.9. The highest BCUT2D eigenvalue weighted by atomic mass is 16.6. The van der Waals surface area contributed by atoms with E-state index in [1.807, 2.05) is 24.3 Å². The highest BCUT2D eigenvalue weighted by Crippen LogP contribution is 2.25. The number of carbonyl (C=O) groups excluding carboxylic acids is 1. The minimum absolute atomic E-state index is 0.180. The predicted octanol–water partition coefficient (Wildman–Crippen LogP) is 2.42. The monoisotopic (exact) mass is 287 g/mol. The van der Waals surface area contributed by atoms with Gasteiger partial charge in [-0.25, -0.2) is 9.79 Å². The summed E-state index contributed by atoms with van der Waals surface area (Å²) in [5, 5.41) is 0. The summed E-state index contributed by atoms with van der Waals surface area (Å²) in [6.07, 6.45) is 3.41. The van der Waals surface area contributed by atoms with Gasteiger partial charge in [-0.3, -0.25) is 0 Å². The molecular weight excluding hydrogens is 270 g/mol. The van der Waals surface area contributed by atoms with Gasteiger partial charge in [-0.05, 0) is 36.6 Å². The number of cyclic esters (lactones) is 1. The number of hydrogen-bond acceptors (Lipinski definition) is 5. The molecule has 0 radical (unpaired) electrons. The van der Waals surface area contributed by atoms with Crippen LogP contribution in [0.4, 0.5) is 0 Å². The topological polar surface area (TPSA) is 57.1 Å². The van der Waals surface area contributed by atoms with Crippen molar-refractivity contribution in [2.24, 2.45) is 10.9 Å². The molecule has 5 heteroatoms. The molecule has 0 bridgehead atoms. The van der Waals surface area contributed by atoms with Gasteiger partial charge in [-0.1, -0.05) is 12.1 Å². The molecule has 0 spiro atoms. The summed E-state index contributed by atoms with van der Waals surface area (Å²) in [5.41, 5.74) is 1.20. The van der Waals surface area contributed by atoms with Crippen LogP contribution in [0.1, 0.15) is 18.4 Å². The fourth-order valence-electron chi connectivity index (χ4n) is 2.43. The summed E-state index contributed by atoms with van der Waals surface area (Å²) in [5.74, 6) is 1.06. The van der Waals surface area contributed by atoms with Crippen LogP contribution in [0, 0.1) is 5.92 Å². The Balaban J connectivity index is 1.81. The average molecular weight is 287 g/mol. The number of esters is 1. The second-order valence-corrected chi connectivity index (χ2v) is 5.03. The highest BCUT2D eigenvalue weighted by Gasteiger charge is 2.30. The second-order valence-electron chi connectivity index (χ2n) is 5.03. The molecule has 0 atom stereocenters. The first kappa shape index (κ1) is 13.8. The molecule has 0 unspecified atom stereocenters. The van der Waals surface area contributed by atoms with E-state index in [0.717, 1.165) is 24.2 Å². The first-order valence-electron chi connectivity index (χ1n) is 7.00. The van der Waals surface area contributed by atoms with E-state index in [0.29, 0.717) is 24.8 Å². The standard InChI is InChI=1S/C16H17NO4/c1-19-13-4-2-3-11(9-13)10-14-16(18)21-15(17-14)12-5-7-20-8-6-12/h2-4,9-10,12H,5-8H2,1H3/b14-10+. The maximum Gasteiger partial charge on any atom is 0.363 e. The zero-order chi connectivity index (χ0) is 14.7. The second kappa shape index (κ2) is 6.10. The minimum Gasteiger partial charge on any atom is -0.497 e. The summed E-state index contributed by atoms with van der Waals surface area (Å²) in [6, 6.07) is 7.47. The Bertz CT molecular complexity index is 600. The largest absolute Gasteiger partial charge is 0.497 e. The Hall–Kier alpha value is -2.14. The number of methoxy groups -OCH3 is 1. The molecule has 2 aliphatic rings. The Morgan fingerprint density at radius 1 is 1.33 bits per heavy atom. The molecule has 1 fully saturated rings. The van der Waals surface area contributed by atoms with Crippen molar-refractivity contribution in [2.75, 3.05) is 20.3 Å². The Kier molecular flexibility index (Phi) is 4.01. The Labute approximate surface area is 123 Å².